The molecule has 0 spiro atoms. The average molecular weight is 291 g/mol. The highest BCUT2D eigenvalue weighted by Crippen LogP contribution is 2.25. The van der Waals surface area contributed by atoms with Crippen molar-refractivity contribution < 1.29 is 0 Å². The fourth-order valence-corrected chi connectivity index (χ4v) is 2.32. The second kappa shape index (κ2) is 6.04. The van der Waals surface area contributed by atoms with Gasteiger partial charge in [-0.2, -0.15) is 0 Å². The fourth-order valence-electron chi connectivity index (χ4n) is 1.88. The normalized spacial score (nSPS) is 11.9. The first-order valence-corrected chi connectivity index (χ1v) is 6.77. The van der Waals surface area contributed by atoms with Crippen LogP contribution < -0.4 is 11.1 Å². The predicted molar refractivity (Wildman–Crippen MR) is 85.8 cm³/mol. The lowest BCUT2D eigenvalue weighted by molar-refractivity contribution is 0.885. The number of nitrogens with one attached hydrogen (secondary N) is 1. The Morgan fingerprint density at radius 1 is 1.16 bits per heavy atom. The van der Waals surface area contributed by atoms with Crippen molar-refractivity contribution in [2.45, 2.75) is 13.0 Å². The van der Waals surface area contributed by atoms with Gasteiger partial charge >= 0.3 is 0 Å². The van der Waals surface area contributed by atoms with Crippen LogP contribution in [-0.2, 0) is 0 Å². The van der Waals surface area contributed by atoms with E-state index in [4.69, 9.17) is 29.6 Å². The summed E-state index contributed by atoms with van der Waals surface area (Å²) in [5, 5.41) is 4.16. The molecule has 1 unspecified atom stereocenters. The third-order valence-corrected chi connectivity index (χ3v) is 3.50. The van der Waals surface area contributed by atoms with Crippen LogP contribution in [0.25, 0.3) is 0 Å². The SMILES string of the molecule is CC(Nc1ccc(C(N)=S)cc1)c1ccccc1Cl. The van der Waals surface area contributed by atoms with Gasteiger partial charge < -0.3 is 11.1 Å². The molecule has 0 heterocycles. The smallest absolute Gasteiger partial charge is 0.103 e. The number of halogens is 1. The van der Waals surface area contributed by atoms with Gasteiger partial charge in [-0.3, -0.25) is 0 Å². The summed E-state index contributed by atoms with van der Waals surface area (Å²) >= 11 is 11.1. The number of anilines is 1. The van der Waals surface area contributed by atoms with Gasteiger partial charge in [0.15, 0.2) is 0 Å². The molecule has 0 aliphatic rings. The number of benzene rings is 2. The first kappa shape index (κ1) is 13.8. The monoisotopic (exact) mass is 290 g/mol. The quantitative estimate of drug-likeness (QED) is 0.831. The highest BCUT2D eigenvalue weighted by molar-refractivity contribution is 7.80. The van der Waals surface area contributed by atoms with Gasteiger partial charge in [-0.1, -0.05) is 42.0 Å². The zero-order valence-electron chi connectivity index (χ0n) is 10.6. The van der Waals surface area contributed by atoms with Gasteiger partial charge in [-0.15, -0.1) is 0 Å². The highest BCUT2D eigenvalue weighted by atomic mass is 35.5. The molecule has 0 amide bonds. The van der Waals surface area contributed by atoms with Crippen molar-refractivity contribution in [2.75, 3.05) is 5.32 Å². The summed E-state index contributed by atoms with van der Waals surface area (Å²) in [5.74, 6) is 0. The number of nitrogens with two attached hydrogens (primary N) is 1. The summed E-state index contributed by atoms with van der Waals surface area (Å²) in [4.78, 5) is 0.408. The Morgan fingerprint density at radius 2 is 1.79 bits per heavy atom. The minimum atomic E-state index is 0.129. The molecule has 1 atom stereocenters. The van der Waals surface area contributed by atoms with Crippen LogP contribution in [0.4, 0.5) is 5.69 Å². The first-order valence-electron chi connectivity index (χ1n) is 5.99. The maximum atomic E-state index is 6.18. The van der Waals surface area contributed by atoms with Crippen LogP contribution in [0.1, 0.15) is 24.1 Å². The molecular weight excluding hydrogens is 276 g/mol. The average Bonchev–Trinajstić information content (AvgIpc) is 2.39. The fraction of sp³-hybridized carbons (Fsp3) is 0.133. The molecule has 2 aromatic rings. The van der Waals surface area contributed by atoms with Crippen LogP contribution in [0.15, 0.2) is 48.5 Å². The summed E-state index contributed by atoms with van der Waals surface area (Å²) in [6, 6.07) is 15.7. The molecule has 2 nitrogen and oxygen atoms in total. The minimum Gasteiger partial charge on any atom is -0.389 e. The summed E-state index contributed by atoms with van der Waals surface area (Å²) in [6.07, 6.45) is 0. The van der Waals surface area contributed by atoms with Gasteiger partial charge in [0.25, 0.3) is 0 Å². The third-order valence-electron chi connectivity index (χ3n) is 2.92. The molecule has 0 fully saturated rings. The van der Waals surface area contributed by atoms with Crippen LogP contribution in [0.3, 0.4) is 0 Å². The van der Waals surface area contributed by atoms with Crippen LogP contribution in [0.5, 0.6) is 0 Å². The Morgan fingerprint density at radius 3 is 2.37 bits per heavy atom. The molecule has 4 heteroatoms. The van der Waals surface area contributed by atoms with E-state index < -0.39 is 0 Å². The Kier molecular flexibility index (Phi) is 4.40. The maximum Gasteiger partial charge on any atom is 0.103 e. The van der Waals surface area contributed by atoms with E-state index in [-0.39, 0.29) is 6.04 Å². The van der Waals surface area contributed by atoms with E-state index in [9.17, 15) is 0 Å². The summed E-state index contributed by atoms with van der Waals surface area (Å²) in [7, 11) is 0. The Hall–Kier alpha value is -1.58. The van der Waals surface area contributed by atoms with Gasteiger partial charge in [0.2, 0.25) is 0 Å². The van der Waals surface area contributed by atoms with Gasteiger partial charge in [0, 0.05) is 22.3 Å². The Balaban J connectivity index is 2.13. The van der Waals surface area contributed by atoms with Crippen LogP contribution in [0, 0.1) is 0 Å². The van der Waals surface area contributed by atoms with Crippen molar-refractivity contribution in [3.8, 4) is 0 Å². The predicted octanol–water partition coefficient (Wildman–Crippen LogP) is 4.15. The highest BCUT2D eigenvalue weighted by Gasteiger charge is 2.08. The third kappa shape index (κ3) is 3.46. The summed E-state index contributed by atoms with van der Waals surface area (Å²) in [5.41, 5.74) is 8.51. The number of rotatable bonds is 4. The lowest BCUT2D eigenvalue weighted by atomic mass is 10.1. The van der Waals surface area contributed by atoms with E-state index in [1.165, 1.54) is 0 Å². The molecule has 0 saturated heterocycles. The van der Waals surface area contributed by atoms with Gasteiger partial charge in [0.05, 0.1) is 0 Å². The molecule has 0 aromatic heterocycles. The molecule has 0 aliphatic carbocycles. The largest absolute Gasteiger partial charge is 0.389 e. The lowest BCUT2D eigenvalue weighted by Gasteiger charge is -2.17. The standard InChI is InChI=1S/C15H15ClN2S/c1-10(13-4-2-3-5-14(13)16)18-12-8-6-11(7-9-12)15(17)19/h2-10,18H,1H3,(H2,17,19). The molecule has 3 N–H and O–H groups in total. The molecule has 98 valence electrons. The number of thiocarbonyl (C=S) groups is 1. The zero-order chi connectivity index (χ0) is 13.8. The Bertz CT molecular complexity index is 581. The van der Waals surface area contributed by atoms with Crippen molar-refractivity contribution in [2.24, 2.45) is 5.73 Å². The van der Waals surface area contributed by atoms with Crippen LogP contribution in [0.2, 0.25) is 5.02 Å². The molecule has 0 saturated carbocycles. The van der Waals surface area contributed by atoms with Crippen molar-refractivity contribution >= 4 is 34.5 Å². The topological polar surface area (TPSA) is 38.0 Å². The van der Waals surface area contributed by atoms with E-state index in [0.29, 0.717) is 4.99 Å². The summed E-state index contributed by atoms with van der Waals surface area (Å²) < 4.78 is 0. The molecule has 0 aliphatic heterocycles. The van der Waals surface area contributed by atoms with E-state index >= 15 is 0 Å². The van der Waals surface area contributed by atoms with Crippen LogP contribution in [-0.4, -0.2) is 4.99 Å². The first-order chi connectivity index (χ1) is 9.08. The van der Waals surface area contributed by atoms with Crippen molar-refractivity contribution in [1.29, 1.82) is 0 Å². The molecular formula is C15H15ClN2S. The van der Waals surface area contributed by atoms with E-state index in [1.807, 2.05) is 48.5 Å². The second-order valence-electron chi connectivity index (χ2n) is 4.33. The zero-order valence-corrected chi connectivity index (χ0v) is 12.1. The summed E-state index contributed by atoms with van der Waals surface area (Å²) in [6.45, 7) is 2.07. The number of hydrogen-bond donors (Lipinski definition) is 2. The van der Waals surface area contributed by atoms with E-state index in [2.05, 4.69) is 12.2 Å². The molecule has 19 heavy (non-hydrogen) atoms. The molecule has 2 aromatic carbocycles. The van der Waals surface area contributed by atoms with Gasteiger partial charge in [0.1, 0.15) is 4.99 Å². The molecule has 0 radical (unpaired) electrons. The Labute approximate surface area is 123 Å². The molecule has 0 bridgehead atoms. The van der Waals surface area contributed by atoms with E-state index in [1.54, 1.807) is 0 Å². The van der Waals surface area contributed by atoms with Crippen molar-refractivity contribution in [1.82, 2.24) is 0 Å². The molecule has 2 rings (SSSR count). The van der Waals surface area contributed by atoms with Crippen molar-refractivity contribution in [3.63, 3.8) is 0 Å². The van der Waals surface area contributed by atoms with Gasteiger partial charge in [-0.05, 0) is 42.8 Å². The lowest BCUT2D eigenvalue weighted by Crippen LogP contribution is -2.10. The van der Waals surface area contributed by atoms with Crippen LogP contribution >= 0.6 is 23.8 Å². The van der Waals surface area contributed by atoms with Gasteiger partial charge in [-0.25, -0.2) is 0 Å². The van der Waals surface area contributed by atoms with Crippen molar-refractivity contribution in [3.05, 3.63) is 64.7 Å². The second-order valence-corrected chi connectivity index (χ2v) is 5.18. The van der Waals surface area contributed by atoms with E-state index in [0.717, 1.165) is 21.8 Å². The minimum absolute atomic E-state index is 0.129. The maximum absolute atomic E-state index is 6.18. The number of hydrogen-bond acceptors (Lipinski definition) is 2.